The summed E-state index contributed by atoms with van der Waals surface area (Å²) in [6.45, 7) is 4.16. The molecule has 2 heterocycles. The monoisotopic (exact) mass is 190 g/mol. The zero-order valence-corrected chi connectivity index (χ0v) is 8.49. The van der Waals surface area contributed by atoms with Crippen molar-refractivity contribution in [2.24, 2.45) is 0 Å². The molecule has 2 rings (SSSR count). The third-order valence-electron chi connectivity index (χ3n) is 2.52. The van der Waals surface area contributed by atoms with Crippen LogP contribution in [-0.4, -0.2) is 14.5 Å². The molecule has 0 aliphatic heterocycles. The van der Waals surface area contributed by atoms with Gasteiger partial charge >= 0.3 is 0 Å². The molecule has 0 aromatic carbocycles. The van der Waals surface area contributed by atoms with E-state index in [-0.39, 0.29) is 6.61 Å². The normalized spacial score (nSPS) is 11.1. The summed E-state index contributed by atoms with van der Waals surface area (Å²) in [7, 11) is 0. The molecule has 0 amide bonds. The lowest BCUT2D eigenvalue weighted by atomic mass is 10.2. The van der Waals surface area contributed by atoms with Crippen molar-refractivity contribution in [1.82, 2.24) is 9.38 Å². The summed E-state index contributed by atoms with van der Waals surface area (Å²) in [5, 5.41) is 9.22. The summed E-state index contributed by atoms with van der Waals surface area (Å²) in [6, 6.07) is 5.81. The zero-order valence-electron chi connectivity index (χ0n) is 8.49. The van der Waals surface area contributed by atoms with Crippen LogP contribution in [0.15, 0.2) is 18.2 Å². The van der Waals surface area contributed by atoms with Gasteiger partial charge in [-0.05, 0) is 25.5 Å². The fraction of sp³-hybridized carbons (Fsp3) is 0.364. The van der Waals surface area contributed by atoms with Crippen molar-refractivity contribution in [2.75, 3.05) is 0 Å². The van der Waals surface area contributed by atoms with E-state index in [1.54, 1.807) is 0 Å². The predicted octanol–water partition coefficient (Wildman–Crippen LogP) is 1.70. The second-order valence-electron chi connectivity index (χ2n) is 3.37. The van der Waals surface area contributed by atoms with Crippen molar-refractivity contribution in [3.05, 3.63) is 35.3 Å². The minimum atomic E-state index is 0.0557. The molecule has 0 atom stereocenters. The van der Waals surface area contributed by atoms with Gasteiger partial charge in [0.15, 0.2) is 0 Å². The van der Waals surface area contributed by atoms with E-state index in [1.807, 2.05) is 29.5 Å². The van der Waals surface area contributed by atoms with Gasteiger partial charge in [0.1, 0.15) is 5.65 Å². The number of hydrogen-bond donors (Lipinski definition) is 1. The maximum atomic E-state index is 9.22. The lowest BCUT2D eigenvalue weighted by Gasteiger charge is -2.05. The van der Waals surface area contributed by atoms with E-state index >= 15 is 0 Å². The number of imidazole rings is 1. The first-order valence-corrected chi connectivity index (χ1v) is 4.84. The van der Waals surface area contributed by atoms with Crippen molar-refractivity contribution >= 4 is 5.65 Å². The van der Waals surface area contributed by atoms with Gasteiger partial charge in [-0.3, -0.25) is 4.40 Å². The van der Waals surface area contributed by atoms with Crippen LogP contribution in [0, 0.1) is 6.92 Å². The van der Waals surface area contributed by atoms with Crippen LogP contribution in [0.5, 0.6) is 0 Å². The minimum absolute atomic E-state index is 0.0557. The Bertz CT molecular complexity index is 460. The summed E-state index contributed by atoms with van der Waals surface area (Å²) in [5.41, 5.74) is 4.06. The van der Waals surface area contributed by atoms with Crippen LogP contribution in [0.3, 0.4) is 0 Å². The van der Waals surface area contributed by atoms with E-state index in [2.05, 4.69) is 11.9 Å². The number of aromatic nitrogens is 2. The minimum Gasteiger partial charge on any atom is -0.390 e. The van der Waals surface area contributed by atoms with Gasteiger partial charge in [-0.25, -0.2) is 4.98 Å². The van der Waals surface area contributed by atoms with Gasteiger partial charge in [0.25, 0.3) is 0 Å². The highest BCUT2D eigenvalue weighted by Gasteiger charge is 2.08. The van der Waals surface area contributed by atoms with Crippen molar-refractivity contribution in [2.45, 2.75) is 26.9 Å². The molecule has 0 bridgehead atoms. The average Bonchev–Trinajstić information content (AvgIpc) is 2.52. The zero-order chi connectivity index (χ0) is 10.1. The molecule has 3 heteroatoms. The van der Waals surface area contributed by atoms with Gasteiger partial charge in [-0.1, -0.05) is 13.0 Å². The molecular formula is C11H14N2O. The summed E-state index contributed by atoms with van der Waals surface area (Å²) < 4.78 is 2.04. The molecule has 1 N–H and O–H groups in total. The molecule has 2 aromatic rings. The van der Waals surface area contributed by atoms with Crippen LogP contribution in [0.4, 0.5) is 0 Å². The molecule has 0 unspecified atom stereocenters. The van der Waals surface area contributed by atoms with Crippen LogP contribution in [-0.2, 0) is 13.0 Å². The molecule has 0 saturated heterocycles. The van der Waals surface area contributed by atoms with Gasteiger partial charge < -0.3 is 5.11 Å². The highest BCUT2D eigenvalue weighted by atomic mass is 16.3. The maximum Gasteiger partial charge on any atom is 0.137 e. The highest BCUT2D eigenvalue weighted by molar-refractivity contribution is 5.45. The lowest BCUT2D eigenvalue weighted by Crippen LogP contribution is -2.00. The summed E-state index contributed by atoms with van der Waals surface area (Å²) in [5.74, 6) is 0. The topological polar surface area (TPSA) is 37.5 Å². The molecule has 0 fully saturated rings. The summed E-state index contributed by atoms with van der Waals surface area (Å²) in [4.78, 5) is 4.44. The lowest BCUT2D eigenvalue weighted by molar-refractivity contribution is 0.275. The maximum absolute atomic E-state index is 9.22. The highest BCUT2D eigenvalue weighted by Crippen LogP contribution is 2.15. The van der Waals surface area contributed by atoms with Crippen molar-refractivity contribution < 1.29 is 5.11 Å². The summed E-state index contributed by atoms with van der Waals surface area (Å²) >= 11 is 0. The van der Waals surface area contributed by atoms with Crippen LogP contribution >= 0.6 is 0 Å². The Hall–Kier alpha value is -1.35. The van der Waals surface area contributed by atoms with Gasteiger partial charge in [-0.2, -0.15) is 0 Å². The smallest absolute Gasteiger partial charge is 0.137 e. The Morgan fingerprint density at radius 3 is 2.86 bits per heavy atom. The van der Waals surface area contributed by atoms with E-state index < -0.39 is 0 Å². The standard InChI is InChI=1S/C11H14N2O/c1-3-10-8(2)12-11-6-4-5-9(7-14)13(10)11/h4-6,14H,3,7H2,1-2H3. The first-order valence-electron chi connectivity index (χ1n) is 4.84. The van der Waals surface area contributed by atoms with E-state index in [1.165, 1.54) is 5.69 Å². The number of hydrogen-bond acceptors (Lipinski definition) is 2. The van der Waals surface area contributed by atoms with Gasteiger partial charge in [0.05, 0.1) is 12.3 Å². The molecule has 3 nitrogen and oxygen atoms in total. The van der Waals surface area contributed by atoms with Crippen molar-refractivity contribution in [3.63, 3.8) is 0 Å². The number of rotatable bonds is 2. The third-order valence-corrected chi connectivity index (χ3v) is 2.52. The Balaban J connectivity index is 2.82. The second-order valence-corrected chi connectivity index (χ2v) is 3.37. The van der Waals surface area contributed by atoms with Gasteiger partial charge in [-0.15, -0.1) is 0 Å². The van der Waals surface area contributed by atoms with Crippen LogP contribution in [0.1, 0.15) is 24.0 Å². The molecule has 0 aliphatic carbocycles. The predicted molar refractivity (Wildman–Crippen MR) is 55.2 cm³/mol. The molecule has 0 radical (unpaired) electrons. The third kappa shape index (κ3) is 1.21. The van der Waals surface area contributed by atoms with Gasteiger partial charge in [0, 0.05) is 11.4 Å². The van der Waals surface area contributed by atoms with Crippen LogP contribution < -0.4 is 0 Å². The van der Waals surface area contributed by atoms with E-state index in [4.69, 9.17) is 0 Å². The van der Waals surface area contributed by atoms with Crippen LogP contribution in [0.25, 0.3) is 5.65 Å². The number of pyridine rings is 1. The fourth-order valence-electron chi connectivity index (χ4n) is 1.88. The van der Waals surface area contributed by atoms with E-state index in [9.17, 15) is 5.11 Å². The second kappa shape index (κ2) is 3.42. The number of fused-ring (bicyclic) bond motifs is 1. The van der Waals surface area contributed by atoms with E-state index in [0.29, 0.717) is 0 Å². The quantitative estimate of drug-likeness (QED) is 0.782. The summed E-state index contributed by atoms with van der Waals surface area (Å²) in [6.07, 6.45) is 0.935. The fourth-order valence-corrected chi connectivity index (χ4v) is 1.88. The van der Waals surface area contributed by atoms with Gasteiger partial charge in [0.2, 0.25) is 0 Å². The Morgan fingerprint density at radius 1 is 1.43 bits per heavy atom. The molecular weight excluding hydrogens is 176 g/mol. The Labute approximate surface area is 83.0 Å². The number of aliphatic hydroxyl groups is 1. The first-order chi connectivity index (χ1) is 6.77. The number of aryl methyl sites for hydroxylation is 2. The molecule has 2 aromatic heterocycles. The molecule has 0 saturated carbocycles. The average molecular weight is 190 g/mol. The number of aliphatic hydroxyl groups excluding tert-OH is 1. The number of nitrogens with zero attached hydrogens (tertiary/aromatic N) is 2. The Morgan fingerprint density at radius 2 is 2.21 bits per heavy atom. The van der Waals surface area contributed by atoms with Crippen molar-refractivity contribution in [1.29, 1.82) is 0 Å². The SMILES string of the molecule is CCc1c(C)nc2cccc(CO)n12. The van der Waals surface area contributed by atoms with Crippen LogP contribution in [0.2, 0.25) is 0 Å². The largest absolute Gasteiger partial charge is 0.390 e. The molecule has 74 valence electrons. The van der Waals surface area contributed by atoms with Crippen molar-refractivity contribution in [3.8, 4) is 0 Å². The molecule has 14 heavy (non-hydrogen) atoms. The van der Waals surface area contributed by atoms with E-state index in [0.717, 1.165) is 23.5 Å². The Kier molecular flexibility index (Phi) is 2.25. The first kappa shape index (κ1) is 9.21. The molecule has 0 spiro atoms. The molecule has 0 aliphatic rings.